The third kappa shape index (κ3) is 5.51. The van der Waals surface area contributed by atoms with E-state index < -0.39 is 18.3 Å². The molecule has 0 bridgehead atoms. The molecular weight excluding hydrogens is 649 g/mol. The largest absolute Gasteiger partial charge is 0.494 e. The second-order valence-electron chi connectivity index (χ2n) is 18.3. The van der Waals surface area contributed by atoms with E-state index in [1.807, 2.05) is 0 Å². The molecular formula is C47H50BN3O2. The van der Waals surface area contributed by atoms with E-state index in [1.54, 1.807) is 0 Å². The molecule has 0 N–H and O–H groups in total. The molecule has 0 spiro atoms. The van der Waals surface area contributed by atoms with Crippen molar-refractivity contribution in [1.82, 2.24) is 9.13 Å². The molecule has 8 rings (SSSR count). The van der Waals surface area contributed by atoms with Gasteiger partial charge < -0.3 is 18.4 Å². The zero-order valence-electron chi connectivity index (χ0n) is 33.3. The normalized spacial score (nSPS) is 16.0. The lowest BCUT2D eigenvalue weighted by Crippen LogP contribution is -2.41. The molecule has 0 unspecified atom stereocenters. The molecule has 5 aromatic carbocycles. The van der Waals surface area contributed by atoms with Gasteiger partial charge >= 0.3 is 7.12 Å². The first-order chi connectivity index (χ1) is 24.8. The van der Waals surface area contributed by atoms with Crippen molar-refractivity contribution in [3.63, 3.8) is 0 Å². The summed E-state index contributed by atoms with van der Waals surface area (Å²) in [7, 11) is -0.629. The number of nitrogens with zero attached hydrogens (tertiary/aromatic N) is 3. The third-order valence-corrected chi connectivity index (χ3v) is 11.8. The minimum absolute atomic E-state index is 0.0286. The summed E-state index contributed by atoms with van der Waals surface area (Å²) in [5, 5.41) is 16.0. The summed E-state index contributed by atoms with van der Waals surface area (Å²) in [4.78, 5) is 0. The Kier molecular flexibility index (Phi) is 7.70. The average molecular weight is 700 g/mol. The van der Waals surface area contributed by atoms with Crippen LogP contribution in [0.3, 0.4) is 0 Å². The van der Waals surface area contributed by atoms with E-state index >= 15 is 0 Å². The van der Waals surface area contributed by atoms with Crippen LogP contribution in [0.5, 0.6) is 0 Å². The minimum Gasteiger partial charge on any atom is -0.399 e. The Balaban J connectivity index is 1.53. The Morgan fingerprint density at radius 3 is 1.26 bits per heavy atom. The molecule has 53 heavy (non-hydrogen) atoms. The topological polar surface area (TPSA) is 52.1 Å². The molecule has 1 aliphatic heterocycles. The number of nitriles is 1. The van der Waals surface area contributed by atoms with Crippen molar-refractivity contribution >= 4 is 56.2 Å². The van der Waals surface area contributed by atoms with Gasteiger partial charge in [0.15, 0.2) is 0 Å². The van der Waals surface area contributed by atoms with Gasteiger partial charge in [0, 0.05) is 21.5 Å². The van der Waals surface area contributed by atoms with Gasteiger partial charge in [-0.25, -0.2) is 0 Å². The maximum Gasteiger partial charge on any atom is 0.494 e. The first-order valence-corrected chi connectivity index (χ1v) is 18.8. The fourth-order valence-corrected chi connectivity index (χ4v) is 7.94. The summed E-state index contributed by atoms with van der Waals surface area (Å²) < 4.78 is 18.0. The van der Waals surface area contributed by atoms with Crippen LogP contribution >= 0.6 is 0 Å². The molecule has 0 saturated carbocycles. The zero-order chi connectivity index (χ0) is 38.0. The van der Waals surface area contributed by atoms with Gasteiger partial charge in [0.1, 0.15) is 11.6 Å². The standard InChI is InChI=1S/C47H50BN3O2/c1-28-13-17-38-33(21-28)34-22-29(2)14-18-39(34)50(38)42-25-32(48-52-46(9,10)47(11,12)53-48)26-43(37(42)27-49)51-40-19-15-30(44(3,4)5)23-35(40)36-24-31(45(6,7)8)16-20-41(36)51/h13-26H,1-12H3. The number of fused-ring (bicyclic) bond motifs is 6. The Labute approximate surface area is 314 Å². The SMILES string of the molecule is Cc1ccc2c(c1)c1cc(C)ccc1n2-c1cc(B2OC(C)(C)C(C)(C)O2)cc(-n2c3ccc(C(C)(C)C)cc3c3cc(C(C)(C)C)ccc32)c1C#N. The van der Waals surface area contributed by atoms with Crippen molar-refractivity contribution in [3.05, 3.63) is 113 Å². The maximum atomic E-state index is 11.4. The van der Waals surface area contributed by atoms with Gasteiger partial charge in [-0.05, 0) is 130 Å². The Bertz CT molecular complexity index is 2540. The van der Waals surface area contributed by atoms with Crippen molar-refractivity contribution in [2.45, 2.75) is 105 Å². The Hall–Kier alpha value is -4.83. The quantitative estimate of drug-likeness (QED) is 0.173. The van der Waals surface area contributed by atoms with Crippen LogP contribution in [0.1, 0.15) is 97.1 Å². The summed E-state index contributed by atoms with van der Waals surface area (Å²) in [6.45, 7) is 26.2. The summed E-state index contributed by atoms with van der Waals surface area (Å²) in [6.07, 6.45) is 0. The van der Waals surface area contributed by atoms with Gasteiger partial charge in [-0.1, -0.05) is 76.9 Å². The zero-order valence-corrected chi connectivity index (χ0v) is 33.3. The van der Waals surface area contributed by atoms with Crippen molar-refractivity contribution in [2.75, 3.05) is 0 Å². The first-order valence-electron chi connectivity index (χ1n) is 18.8. The van der Waals surface area contributed by atoms with Gasteiger partial charge in [0.05, 0.1) is 44.6 Å². The highest BCUT2D eigenvalue weighted by atomic mass is 16.7. The highest BCUT2D eigenvalue weighted by Gasteiger charge is 2.52. The van der Waals surface area contributed by atoms with Crippen LogP contribution in [-0.2, 0) is 20.1 Å². The van der Waals surface area contributed by atoms with Gasteiger partial charge in [-0.3, -0.25) is 0 Å². The number of aromatic nitrogens is 2. The van der Waals surface area contributed by atoms with Crippen molar-refractivity contribution in [3.8, 4) is 17.4 Å². The van der Waals surface area contributed by atoms with Crippen molar-refractivity contribution < 1.29 is 9.31 Å². The van der Waals surface area contributed by atoms with Gasteiger partial charge in [0.2, 0.25) is 0 Å². The predicted octanol–water partition coefficient (Wildman–Crippen LogP) is 11.3. The Morgan fingerprint density at radius 2 is 0.906 bits per heavy atom. The van der Waals surface area contributed by atoms with Gasteiger partial charge in [-0.15, -0.1) is 0 Å². The second-order valence-corrected chi connectivity index (χ2v) is 18.3. The van der Waals surface area contributed by atoms with Crippen LogP contribution in [-0.4, -0.2) is 27.5 Å². The van der Waals surface area contributed by atoms with E-state index in [9.17, 15) is 5.26 Å². The lowest BCUT2D eigenvalue weighted by Gasteiger charge is -2.32. The monoisotopic (exact) mass is 699 g/mol. The van der Waals surface area contributed by atoms with Crippen LogP contribution in [0.2, 0.25) is 0 Å². The molecule has 7 aromatic rings. The third-order valence-electron chi connectivity index (χ3n) is 11.8. The predicted molar refractivity (Wildman–Crippen MR) is 222 cm³/mol. The summed E-state index contributed by atoms with van der Waals surface area (Å²) in [5.74, 6) is 0. The second kappa shape index (κ2) is 11.6. The number of benzene rings is 5. The average Bonchev–Trinajstić information content (AvgIpc) is 3.65. The molecule has 3 heterocycles. The van der Waals surface area contributed by atoms with Gasteiger partial charge in [-0.2, -0.15) is 5.26 Å². The van der Waals surface area contributed by atoms with E-state index in [1.165, 1.54) is 33.0 Å². The van der Waals surface area contributed by atoms with E-state index in [4.69, 9.17) is 9.31 Å². The molecule has 1 saturated heterocycles. The number of hydrogen-bond donors (Lipinski definition) is 0. The van der Waals surface area contributed by atoms with Crippen molar-refractivity contribution in [1.29, 1.82) is 5.26 Å². The summed E-state index contributed by atoms with van der Waals surface area (Å²) in [6, 6.07) is 33.8. The van der Waals surface area contributed by atoms with Crippen molar-refractivity contribution in [2.24, 2.45) is 0 Å². The molecule has 0 radical (unpaired) electrons. The van der Waals surface area contributed by atoms with Crippen LogP contribution in [0, 0.1) is 25.2 Å². The number of hydrogen-bond acceptors (Lipinski definition) is 3. The highest BCUT2D eigenvalue weighted by molar-refractivity contribution is 6.62. The van der Waals surface area contributed by atoms with Gasteiger partial charge in [0.25, 0.3) is 0 Å². The molecule has 5 nitrogen and oxygen atoms in total. The molecule has 2 aromatic heterocycles. The molecule has 0 aliphatic carbocycles. The first kappa shape index (κ1) is 35.2. The van der Waals surface area contributed by atoms with Crippen LogP contribution in [0.15, 0.2) is 84.9 Å². The van der Waals surface area contributed by atoms with E-state index in [0.717, 1.165) is 49.7 Å². The Morgan fingerprint density at radius 1 is 0.547 bits per heavy atom. The van der Waals surface area contributed by atoms with Crippen LogP contribution in [0.25, 0.3) is 55.0 Å². The van der Waals surface area contributed by atoms with Crippen LogP contribution in [0.4, 0.5) is 0 Å². The van der Waals surface area contributed by atoms with E-state index in [0.29, 0.717) is 5.56 Å². The molecule has 0 amide bonds. The fourth-order valence-electron chi connectivity index (χ4n) is 7.94. The lowest BCUT2D eigenvalue weighted by atomic mass is 9.77. The lowest BCUT2D eigenvalue weighted by molar-refractivity contribution is 0.00578. The fraction of sp³-hybridized carbons (Fsp3) is 0.340. The van der Waals surface area contributed by atoms with E-state index in [2.05, 4.69) is 183 Å². The summed E-state index contributed by atoms with van der Waals surface area (Å²) in [5.41, 5.74) is 11.1. The van der Waals surface area contributed by atoms with E-state index in [-0.39, 0.29) is 10.8 Å². The molecule has 268 valence electrons. The smallest absolute Gasteiger partial charge is 0.399 e. The summed E-state index contributed by atoms with van der Waals surface area (Å²) >= 11 is 0. The number of aryl methyl sites for hydroxylation is 2. The molecule has 0 atom stereocenters. The molecule has 6 heteroatoms. The minimum atomic E-state index is -0.629. The maximum absolute atomic E-state index is 11.4. The van der Waals surface area contributed by atoms with Crippen LogP contribution < -0.4 is 5.46 Å². The molecule has 1 fully saturated rings. The molecule has 1 aliphatic rings. The highest BCUT2D eigenvalue weighted by Crippen LogP contribution is 2.42. The number of rotatable bonds is 3.